The SMILES string of the molecule is O=C(c1nc2n(n1)C(c1ccccc1)CC2F)c1cccs1. The van der Waals surface area contributed by atoms with E-state index in [9.17, 15) is 9.18 Å². The van der Waals surface area contributed by atoms with Gasteiger partial charge in [-0.15, -0.1) is 16.4 Å². The second-order valence-electron chi connectivity index (χ2n) is 5.17. The van der Waals surface area contributed by atoms with Crippen LogP contribution >= 0.6 is 11.3 Å². The van der Waals surface area contributed by atoms with E-state index in [4.69, 9.17) is 0 Å². The Kier molecular flexibility index (Phi) is 3.11. The van der Waals surface area contributed by atoms with Crippen LogP contribution in [0.25, 0.3) is 0 Å². The van der Waals surface area contributed by atoms with E-state index < -0.39 is 6.17 Å². The van der Waals surface area contributed by atoms with Gasteiger partial charge in [0.25, 0.3) is 0 Å². The molecule has 4 nitrogen and oxygen atoms in total. The Bertz CT molecular complexity index is 813. The van der Waals surface area contributed by atoms with E-state index in [1.54, 1.807) is 16.8 Å². The number of benzene rings is 1. The molecular weight excluding hydrogens is 301 g/mol. The van der Waals surface area contributed by atoms with E-state index in [1.165, 1.54) is 11.3 Å². The fourth-order valence-electron chi connectivity index (χ4n) is 2.75. The van der Waals surface area contributed by atoms with Crippen LogP contribution in [0.2, 0.25) is 0 Å². The molecule has 3 aromatic rings. The Morgan fingerprint density at radius 1 is 1.23 bits per heavy atom. The van der Waals surface area contributed by atoms with E-state index in [0.29, 0.717) is 11.3 Å². The van der Waals surface area contributed by atoms with Gasteiger partial charge in [-0.2, -0.15) is 0 Å². The largest absolute Gasteiger partial charge is 0.284 e. The van der Waals surface area contributed by atoms with Crippen LogP contribution in [0, 0.1) is 0 Å². The van der Waals surface area contributed by atoms with E-state index in [0.717, 1.165) is 5.56 Å². The van der Waals surface area contributed by atoms with E-state index in [1.807, 2.05) is 35.7 Å². The third kappa shape index (κ3) is 2.07. The van der Waals surface area contributed by atoms with Gasteiger partial charge in [0.1, 0.15) is 0 Å². The lowest BCUT2D eigenvalue weighted by molar-refractivity contribution is 0.103. The molecule has 0 fully saturated rings. The molecule has 1 aliphatic rings. The maximum atomic E-state index is 14.2. The number of hydrogen-bond acceptors (Lipinski definition) is 4. The molecule has 3 heterocycles. The van der Waals surface area contributed by atoms with E-state index >= 15 is 0 Å². The Balaban J connectivity index is 1.73. The van der Waals surface area contributed by atoms with Crippen molar-refractivity contribution in [3.63, 3.8) is 0 Å². The zero-order chi connectivity index (χ0) is 15.1. The summed E-state index contributed by atoms with van der Waals surface area (Å²) in [6.07, 6.45) is -0.880. The van der Waals surface area contributed by atoms with Gasteiger partial charge in [-0.3, -0.25) is 4.79 Å². The zero-order valence-corrected chi connectivity index (χ0v) is 12.3. The van der Waals surface area contributed by atoms with Crippen LogP contribution in [0.15, 0.2) is 47.8 Å². The predicted octanol–water partition coefficient (Wildman–Crippen LogP) is 3.57. The van der Waals surface area contributed by atoms with E-state index in [2.05, 4.69) is 10.1 Å². The number of carbonyl (C=O) groups is 1. The lowest BCUT2D eigenvalue weighted by Crippen LogP contribution is -2.09. The molecule has 2 unspecified atom stereocenters. The number of carbonyl (C=O) groups excluding carboxylic acids is 1. The van der Waals surface area contributed by atoms with Crippen molar-refractivity contribution in [2.45, 2.75) is 18.6 Å². The summed E-state index contributed by atoms with van der Waals surface area (Å²) in [5, 5.41) is 6.10. The van der Waals surface area contributed by atoms with Crippen molar-refractivity contribution in [1.82, 2.24) is 14.8 Å². The molecule has 0 radical (unpaired) electrons. The molecule has 0 spiro atoms. The van der Waals surface area contributed by atoms with Gasteiger partial charge in [-0.1, -0.05) is 36.4 Å². The molecule has 110 valence electrons. The first-order valence-electron chi connectivity index (χ1n) is 6.97. The van der Waals surface area contributed by atoms with Crippen LogP contribution in [-0.4, -0.2) is 20.5 Å². The van der Waals surface area contributed by atoms with Gasteiger partial charge >= 0.3 is 0 Å². The Labute approximate surface area is 130 Å². The number of hydrogen-bond donors (Lipinski definition) is 0. The van der Waals surface area contributed by atoms with Gasteiger partial charge in [0.05, 0.1) is 10.9 Å². The summed E-state index contributed by atoms with van der Waals surface area (Å²) in [7, 11) is 0. The Morgan fingerprint density at radius 2 is 2.05 bits per heavy atom. The van der Waals surface area contributed by atoms with E-state index in [-0.39, 0.29) is 23.5 Å². The first kappa shape index (κ1) is 13.3. The minimum absolute atomic E-state index is 0.0701. The molecule has 6 heteroatoms. The zero-order valence-electron chi connectivity index (χ0n) is 11.5. The van der Waals surface area contributed by atoms with Gasteiger partial charge in [-0.05, 0) is 17.0 Å². The summed E-state index contributed by atoms with van der Waals surface area (Å²) in [6, 6.07) is 12.9. The molecule has 22 heavy (non-hydrogen) atoms. The highest BCUT2D eigenvalue weighted by Crippen LogP contribution is 2.39. The number of halogens is 1. The number of aromatic nitrogens is 3. The van der Waals surface area contributed by atoms with Crippen molar-refractivity contribution in [1.29, 1.82) is 0 Å². The molecule has 1 aliphatic heterocycles. The normalized spacial score (nSPS) is 20.0. The highest BCUT2D eigenvalue weighted by atomic mass is 32.1. The second kappa shape index (κ2) is 5.14. The number of rotatable bonds is 3. The van der Waals surface area contributed by atoms with Gasteiger partial charge in [0, 0.05) is 6.42 Å². The van der Waals surface area contributed by atoms with Crippen LogP contribution in [0.4, 0.5) is 4.39 Å². The quantitative estimate of drug-likeness (QED) is 0.694. The summed E-state index contributed by atoms with van der Waals surface area (Å²) in [5.41, 5.74) is 0.976. The summed E-state index contributed by atoms with van der Waals surface area (Å²) >= 11 is 1.33. The second-order valence-corrected chi connectivity index (χ2v) is 6.12. The van der Waals surface area contributed by atoms with Crippen LogP contribution in [-0.2, 0) is 0 Å². The van der Waals surface area contributed by atoms with Crippen molar-refractivity contribution < 1.29 is 9.18 Å². The van der Waals surface area contributed by atoms with Crippen molar-refractivity contribution in [3.8, 4) is 0 Å². The molecule has 0 bridgehead atoms. The monoisotopic (exact) mass is 313 g/mol. The number of alkyl halides is 1. The average molecular weight is 313 g/mol. The van der Waals surface area contributed by atoms with Gasteiger partial charge in [-0.25, -0.2) is 14.1 Å². The molecule has 0 N–H and O–H groups in total. The standard InChI is InChI=1S/C16H12FN3OS/c17-11-9-12(10-5-2-1-3-6-10)20-16(11)18-15(19-20)14(21)13-7-4-8-22-13/h1-8,11-12H,9H2. The predicted molar refractivity (Wildman–Crippen MR) is 80.8 cm³/mol. The number of fused-ring (bicyclic) bond motifs is 1. The maximum Gasteiger partial charge on any atom is 0.241 e. The summed E-state index contributed by atoms with van der Waals surface area (Å²) in [6.45, 7) is 0. The Hall–Kier alpha value is -2.34. The first-order valence-corrected chi connectivity index (χ1v) is 7.85. The lowest BCUT2D eigenvalue weighted by atomic mass is 10.0. The number of nitrogens with zero attached hydrogens (tertiary/aromatic N) is 3. The molecule has 0 amide bonds. The van der Waals surface area contributed by atoms with Crippen LogP contribution in [0.1, 0.15) is 45.5 Å². The van der Waals surface area contributed by atoms with Crippen molar-refractivity contribution in [2.24, 2.45) is 0 Å². The molecule has 4 rings (SSSR count). The molecule has 0 aliphatic carbocycles. The topological polar surface area (TPSA) is 47.8 Å². The summed E-state index contributed by atoms with van der Waals surface area (Å²) in [4.78, 5) is 17.0. The number of thiophene rings is 1. The minimum Gasteiger partial charge on any atom is -0.284 e. The minimum atomic E-state index is -1.19. The van der Waals surface area contributed by atoms with Gasteiger partial charge in [0.2, 0.25) is 11.6 Å². The fraction of sp³-hybridized carbons (Fsp3) is 0.188. The highest BCUT2D eigenvalue weighted by molar-refractivity contribution is 7.12. The third-order valence-electron chi connectivity index (χ3n) is 3.80. The first-order chi connectivity index (χ1) is 10.7. The fourth-order valence-corrected chi connectivity index (χ4v) is 3.41. The van der Waals surface area contributed by atoms with Crippen LogP contribution in [0.5, 0.6) is 0 Å². The van der Waals surface area contributed by atoms with Crippen molar-refractivity contribution in [3.05, 3.63) is 69.9 Å². The molecule has 1 aromatic carbocycles. The summed E-state index contributed by atoms with van der Waals surface area (Å²) < 4.78 is 15.8. The molecule has 0 saturated heterocycles. The maximum absolute atomic E-state index is 14.2. The van der Waals surface area contributed by atoms with Gasteiger partial charge in [0.15, 0.2) is 12.0 Å². The van der Waals surface area contributed by atoms with Crippen LogP contribution < -0.4 is 0 Å². The molecule has 2 aromatic heterocycles. The van der Waals surface area contributed by atoms with Crippen LogP contribution in [0.3, 0.4) is 0 Å². The van der Waals surface area contributed by atoms with Crippen molar-refractivity contribution >= 4 is 17.1 Å². The highest BCUT2D eigenvalue weighted by Gasteiger charge is 2.36. The third-order valence-corrected chi connectivity index (χ3v) is 4.66. The lowest BCUT2D eigenvalue weighted by Gasteiger charge is -2.11. The van der Waals surface area contributed by atoms with Crippen molar-refractivity contribution in [2.75, 3.05) is 0 Å². The smallest absolute Gasteiger partial charge is 0.241 e. The Morgan fingerprint density at radius 3 is 2.77 bits per heavy atom. The summed E-state index contributed by atoms with van der Waals surface area (Å²) in [5.74, 6) is 0.0606. The number of ketones is 1. The molecular formula is C16H12FN3OS. The van der Waals surface area contributed by atoms with Gasteiger partial charge < -0.3 is 0 Å². The average Bonchev–Trinajstić information content (AvgIpc) is 3.25. The molecule has 0 saturated carbocycles. The molecule has 2 atom stereocenters.